The number of anilines is 1. The van der Waals surface area contributed by atoms with Gasteiger partial charge in [0.05, 0.1) is 6.20 Å². The first-order chi connectivity index (χ1) is 9.20. The van der Waals surface area contributed by atoms with Gasteiger partial charge >= 0.3 is 6.03 Å². The number of aromatic nitrogens is 2. The van der Waals surface area contributed by atoms with Gasteiger partial charge in [-0.25, -0.2) is 4.79 Å². The molecule has 1 aromatic carbocycles. The van der Waals surface area contributed by atoms with Crippen molar-refractivity contribution in [1.29, 1.82) is 5.26 Å². The Labute approximate surface area is 110 Å². The summed E-state index contributed by atoms with van der Waals surface area (Å²) in [6.07, 6.45) is 1.41. The molecular formula is C13H13N5O. The summed E-state index contributed by atoms with van der Waals surface area (Å²) in [7, 11) is 1.66. The van der Waals surface area contributed by atoms with E-state index in [2.05, 4.69) is 15.7 Å². The normalized spacial score (nSPS) is 9.68. The van der Waals surface area contributed by atoms with E-state index in [9.17, 15) is 4.79 Å². The Morgan fingerprint density at radius 3 is 2.84 bits per heavy atom. The summed E-state index contributed by atoms with van der Waals surface area (Å²) >= 11 is 0. The average molecular weight is 255 g/mol. The molecule has 2 aromatic rings. The van der Waals surface area contributed by atoms with Gasteiger partial charge in [0.2, 0.25) is 0 Å². The van der Waals surface area contributed by atoms with E-state index < -0.39 is 0 Å². The number of urea groups is 1. The highest BCUT2D eigenvalue weighted by Crippen LogP contribution is 2.11. The molecule has 0 fully saturated rings. The number of nitrogens with one attached hydrogen (secondary N) is 2. The maximum Gasteiger partial charge on any atom is 0.320 e. The second-order valence-electron chi connectivity index (χ2n) is 3.94. The third kappa shape index (κ3) is 3.10. The van der Waals surface area contributed by atoms with Gasteiger partial charge in [0, 0.05) is 13.6 Å². The van der Waals surface area contributed by atoms with Crippen LogP contribution in [0.25, 0.3) is 0 Å². The molecule has 2 rings (SSSR count). The van der Waals surface area contributed by atoms with Crippen LogP contribution in [0.1, 0.15) is 11.1 Å². The molecule has 0 spiro atoms. The van der Waals surface area contributed by atoms with Gasteiger partial charge in [-0.05, 0) is 5.56 Å². The lowest BCUT2D eigenvalue weighted by atomic mass is 10.2. The van der Waals surface area contributed by atoms with Crippen LogP contribution in [0.15, 0.2) is 36.5 Å². The Kier molecular flexibility index (Phi) is 3.78. The molecule has 0 unspecified atom stereocenters. The summed E-state index contributed by atoms with van der Waals surface area (Å²) in [5.41, 5.74) is 1.33. The second-order valence-corrected chi connectivity index (χ2v) is 3.94. The quantitative estimate of drug-likeness (QED) is 0.874. The van der Waals surface area contributed by atoms with E-state index in [0.29, 0.717) is 17.9 Å². The van der Waals surface area contributed by atoms with Crippen molar-refractivity contribution in [2.24, 2.45) is 7.05 Å². The average Bonchev–Trinajstić information content (AvgIpc) is 2.78. The third-order valence-electron chi connectivity index (χ3n) is 2.59. The van der Waals surface area contributed by atoms with Gasteiger partial charge in [-0.1, -0.05) is 30.3 Å². The van der Waals surface area contributed by atoms with Gasteiger partial charge in [0.15, 0.2) is 0 Å². The van der Waals surface area contributed by atoms with E-state index in [-0.39, 0.29) is 6.03 Å². The van der Waals surface area contributed by atoms with Crippen LogP contribution in [-0.4, -0.2) is 15.8 Å². The fraction of sp³-hybridized carbons (Fsp3) is 0.154. The van der Waals surface area contributed by atoms with Gasteiger partial charge in [-0.3, -0.25) is 10.00 Å². The standard InChI is InChI=1S/C13H13N5O/c1-18-12(11(7-14)9-16-18)17-13(19)15-8-10-5-3-2-4-6-10/h2-6,9H,8H2,1H3,(H2,15,17,19). The zero-order valence-electron chi connectivity index (χ0n) is 10.4. The van der Waals surface area contributed by atoms with Gasteiger partial charge in [-0.15, -0.1) is 0 Å². The molecule has 0 aliphatic carbocycles. The number of hydrogen-bond acceptors (Lipinski definition) is 3. The predicted octanol–water partition coefficient (Wildman–Crippen LogP) is 1.61. The Hall–Kier alpha value is -2.81. The van der Waals surface area contributed by atoms with Crippen molar-refractivity contribution in [2.75, 3.05) is 5.32 Å². The molecule has 0 aliphatic rings. The molecular weight excluding hydrogens is 242 g/mol. The van der Waals surface area contributed by atoms with Crippen LogP contribution < -0.4 is 10.6 Å². The van der Waals surface area contributed by atoms with Crippen molar-refractivity contribution in [3.63, 3.8) is 0 Å². The maximum absolute atomic E-state index is 11.7. The smallest absolute Gasteiger partial charge is 0.320 e. The Bertz CT molecular complexity index is 612. The summed E-state index contributed by atoms with van der Waals surface area (Å²) in [5.74, 6) is 0.382. The number of carbonyl (C=O) groups is 1. The molecule has 0 bridgehead atoms. The van der Waals surface area contributed by atoms with Crippen LogP contribution >= 0.6 is 0 Å². The third-order valence-corrected chi connectivity index (χ3v) is 2.59. The number of benzene rings is 1. The lowest BCUT2D eigenvalue weighted by Gasteiger charge is -2.08. The van der Waals surface area contributed by atoms with Crippen molar-refractivity contribution in [2.45, 2.75) is 6.54 Å². The topological polar surface area (TPSA) is 82.7 Å². The van der Waals surface area contributed by atoms with Gasteiger partial charge in [-0.2, -0.15) is 10.4 Å². The SMILES string of the molecule is Cn1ncc(C#N)c1NC(=O)NCc1ccccc1. The van der Waals surface area contributed by atoms with E-state index in [1.165, 1.54) is 10.9 Å². The Morgan fingerprint density at radius 2 is 2.16 bits per heavy atom. The summed E-state index contributed by atoms with van der Waals surface area (Å²) in [5, 5.41) is 18.1. The molecule has 0 saturated heterocycles. The van der Waals surface area contributed by atoms with E-state index in [0.717, 1.165) is 5.56 Å². The molecule has 1 heterocycles. The summed E-state index contributed by atoms with van der Waals surface area (Å²) in [6, 6.07) is 11.2. The highest BCUT2D eigenvalue weighted by Gasteiger charge is 2.10. The zero-order chi connectivity index (χ0) is 13.7. The Morgan fingerprint density at radius 1 is 1.42 bits per heavy atom. The number of aryl methyl sites for hydroxylation is 1. The number of rotatable bonds is 3. The molecule has 2 amide bonds. The molecule has 1 aromatic heterocycles. The van der Waals surface area contributed by atoms with E-state index in [1.54, 1.807) is 7.05 Å². The fourth-order valence-corrected chi connectivity index (χ4v) is 1.60. The molecule has 0 atom stereocenters. The van der Waals surface area contributed by atoms with Crippen LogP contribution in [0.4, 0.5) is 10.6 Å². The number of amides is 2. The van der Waals surface area contributed by atoms with Crippen LogP contribution in [0.5, 0.6) is 0 Å². The first-order valence-corrected chi connectivity index (χ1v) is 5.71. The monoisotopic (exact) mass is 255 g/mol. The van der Waals surface area contributed by atoms with Crippen LogP contribution in [0.2, 0.25) is 0 Å². The largest absolute Gasteiger partial charge is 0.334 e. The second kappa shape index (κ2) is 5.69. The van der Waals surface area contributed by atoms with Crippen molar-refractivity contribution in [3.05, 3.63) is 47.7 Å². The minimum atomic E-state index is -0.371. The van der Waals surface area contributed by atoms with Crippen molar-refractivity contribution in [3.8, 4) is 6.07 Å². The van der Waals surface area contributed by atoms with Gasteiger partial charge in [0.1, 0.15) is 17.5 Å². The van der Waals surface area contributed by atoms with E-state index in [4.69, 9.17) is 5.26 Å². The zero-order valence-corrected chi connectivity index (χ0v) is 10.4. The van der Waals surface area contributed by atoms with E-state index in [1.807, 2.05) is 36.4 Å². The lowest BCUT2D eigenvalue weighted by molar-refractivity contribution is 0.251. The number of nitriles is 1. The molecule has 0 saturated carbocycles. The summed E-state index contributed by atoms with van der Waals surface area (Å²) in [6.45, 7) is 0.423. The number of nitrogens with zero attached hydrogens (tertiary/aromatic N) is 3. The molecule has 2 N–H and O–H groups in total. The molecule has 6 nitrogen and oxygen atoms in total. The number of hydrogen-bond donors (Lipinski definition) is 2. The van der Waals surface area contributed by atoms with Gasteiger partial charge < -0.3 is 5.32 Å². The van der Waals surface area contributed by atoms with E-state index >= 15 is 0 Å². The van der Waals surface area contributed by atoms with Crippen LogP contribution in [-0.2, 0) is 13.6 Å². The van der Waals surface area contributed by atoms with Crippen molar-refractivity contribution in [1.82, 2.24) is 15.1 Å². The van der Waals surface area contributed by atoms with Gasteiger partial charge in [0.25, 0.3) is 0 Å². The summed E-state index contributed by atoms with van der Waals surface area (Å²) in [4.78, 5) is 11.7. The maximum atomic E-state index is 11.7. The first-order valence-electron chi connectivity index (χ1n) is 5.71. The highest BCUT2D eigenvalue weighted by molar-refractivity contribution is 5.89. The predicted molar refractivity (Wildman–Crippen MR) is 70.2 cm³/mol. The molecule has 0 radical (unpaired) electrons. The molecule has 6 heteroatoms. The fourth-order valence-electron chi connectivity index (χ4n) is 1.60. The lowest BCUT2D eigenvalue weighted by Crippen LogP contribution is -2.29. The molecule has 19 heavy (non-hydrogen) atoms. The first kappa shape index (κ1) is 12.6. The minimum Gasteiger partial charge on any atom is -0.334 e. The Balaban J connectivity index is 1.95. The van der Waals surface area contributed by atoms with Crippen molar-refractivity contribution < 1.29 is 4.79 Å². The highest BCUT2D eigenvalue weighted by atomic mass is 16.2. The minimum absolute atomic E-state index is 0.331. The van der Waals surface area contributed by atoms with Crippen molar-refractivity contribution >= 4 is 11.8 Å². The van der Waals surface area contributed by atoms with Crippen LogP contribution in [0, 0.1) is 11.3 Å². The number of carbonyl (C=O) groups excluding carboxylic acids is 1. The van der Waals surface area contributed by atoms with Crippen LogP contribution in [0.3, 0.4) is 0 Å². The molecule has 96 valence electrons. The molecule has 0 aliphatic heterocycles. The summed E-state index contributed by atoms with van der Waals surface area (Å²) < 4.78 is 1.45.